The first-order valence-electron chi connectivity index (χ1n) is 4.07. The monoisotopic (exact) mass is 179 g/mol. The van der Waals surface area contributed by atoms with Crippen molar-refractivity contribution in [2.75, 3.05) is 0 Å². The summed E-state index contributed by atoms with van der Waals surface area (Å²) < 4.78 is 4.85. The summed E-state index contributed by atoms with van der Waals surface area (Å²) in [7, 11) is 0. The molecule has 1 heterocycles. The van der Waals surface area contributed by atoms with Gasteiger partial charge in [0.05, 0.1) is 0 Å². The molecule has 1 saturated heterocycles. The summed E-state index contributed by atoms with van der Waals surface area (Å²) in [6.45, 7) is 1.94. The highest BCUT2D eigenvalue weighted by atomic mass is 16.6. The standard InChI is InChI=1S/C9H9NO3/c1-5-2-3-7-6(4-5)8(11)10-9(12)13-7/h2-3,6H,4H2,1H3,(H,10,11,12). The van der Waals surface area contributed by atoms with E-state index >= 15 is 0 Å². The van der Waals surface area contributed by atoms with Crippen LogP contribution in [0.2, 0.25) is 0 Å². The summed E-state index contributed by atoms with van der Waals surface area (Å²) in [5.74, 6) is -0.128. The van der Waals surface area contributed by atoms with E-state index in [4.69, 9.17) is 4.74 Å². The molecule has 1 aliphatic carbocycles. The highest BCUT2D eigenvalue weighted by Crippen LogP contribution is 2.28. The van der Waals surface area contributed by atoms with Gasteiger partial charge < -0.3 is 4.74 Å². The fourth-order valence-electron chi connectivity index (χ4n) is 1.48. The Morgan fingerprint density at radius 2 is 2.23 bits per heavy atom. The zero-order valence-electron chi connectivity index (χ0n) is 7.16. The number of carbonyl (C=O) groups excluding carboxylic acids is 2. The number of allylic oxidation sites excluding steroid dienone is 3. The maximum absolute atomic E-state index is 11.3. The molecule has 0 saturated carbocycles. The third-order valence-corrected chi connectivity index (χ3v) is 2.15. The van der Waals surface area contributed by atoms with Crippen LogP contribution < -0.4 is 5.32 Å². The van der Waals surface area contributed by atoms with Gasteiger partial charge in [0.15, 0.2) is 0 Å². The molecular weight excluding hydrogens is 170 g/mol. The van der Waals surface area contributed by atoms with E-state index in [0.717, 1.165) is 5.57 Å². The molecule has 0 spiro atoms. The Morgan fingerprint density at radius 1 is 1.46 bits per heavy atom. The normalized spacial score (nSPS) is 26.7. The maximum Gasteiger partial charge on any atom is 0.419 e. The number of carbonyl (C=O) groups is 2. The van der Waals surface area contributed by atoms with E-state index < -0.39 is 6.09 Å². The molecule has 2 aliphatic rings. The lowest BCUT2D eigenvalue weighted by Crippen LogP contribution is -2.43. The molecule has 13 heavy (non-hydrogen) atoms. The molecular formula is C9H9NO3. The molecule has 0 bridgehead atoms. The summed E-state index contributed by atoms with van der Waals surface area (Å²) >= 11 is 0. The second-order valence-corrected chi connectivity index (χ2v) is 3.22. The molecule has 4 heteroatoms. The zero-order chi connectivity index (χ0) is 9.42. The molecule has 0 radical (unpaired) electrons. The van der Waals surface area contributed by atoms with E-state index in [1.54, 1.807) is 6.08 Å². The molecule has 0 aromatic carbocycles. The number of hydrogen-bond donors (Lipinski definition) is 1. The second-order valence-electron chi connectivity index (χ2n) is 3.22. The van der Waals surface area contributed by atoms with Crippen LogP contribution in [0.5, 0.6) is 0 Å². The third-order valence-electron chi connectivity index (χ3n) is 2.15. The summed E-state index contributed by atoms with van der Waals surface area (Å²) in [4.78, 5) is 22.1. The first kappa shape index (κ1) is 8.04. The molecule has 0 aromatic rings. The van der Waals surface area contributed by atoms with Gasteiger partial charge in [-0.25, -0.2) is 4.79 Å². The van der Waals surface area contributed by atoms with Crippen molar-refractivity contribution < 1.29 is 14.3 Å². The number of ether oxygens (including phenoxy) is 1. The van der Waals surface area contributed by atoms with Crippen molar-refractivity contribution in [3.8, 4) is 0 Å². The lowest BCUT2D eigenvalue weighted by Gasteiger charge is -2.26. The van der Waals surface area contributed by atoms with Crippen molar-refractivity contribution in [3.05, 3.63) is 23.5 Å². The van der Waals surface area contributed by atoms with Crippen LogP contribution in [0.15, 0.2) is 23.5 Å². The Morgan fingerprint density at radius 3 is 3.00 bits per heavy atom. The van der Waals surface area contributed by atoms with Gasteiger partial charge in [-0.1, -0.05) is 11.6 Å². The first-order chi connectivity index (χ1) is 6.16. The average Bonchev–Trinajstić information content (AvgIpc) is 2.06. The van der Waals surface area contributed by atoms with Gasteiger partial charge in [0.2, 0.25) is 5.91 Å². The minimum Gasteiger partial charge on any atom is -0.414 e. The van der Waals surface area contributed by atoms with Gasteiger partial charge in [-0.2, -0.15) is 0 Å². The molecule has 1 fully saturated rings. The Bertz CT molecular complexity index is 341. The molecule has 1 unspecified atom stereocenters. The summed E-state index contributed by atoms with van der Waals surface area (Å²) in [6, 6.07) is 0. The van der Waals surface area contributed by atoms with E-state index in [9.17, 15) is 9.59 Å². The Balaban J connectivity index is 2.31. The number of fused-ring (bicyclic) bond motifs is 1. The summed E-state index contributed by atoms with van der Waals surface area (Å²) in [5, 5.41) is 2.13. The van der Waals surface area contributed by atoms with Gasteiger partial charge in [-0.3, -0.25) is 10.1 Å². The average molecular weight is 179 g/mol. The highest BCUT2D eigenvalue weighted by molar-refractivity contribution is 5.97. The lowest BCUT2D eigenvalue weighted by molar-refractivity contribution is -0.125. The number of nitrogens with one attached hydrogen (secondary N) is 1. The maximum atomic E-state index is 11.3. The van der Waals surface area contributed by atoms with Crippen LogP contribution in [0.3, 0.4) is 0 Å². The van der Waals surface area contributed by atoms with E-state index in [1.807, 2.05) is 13.0 Å². The zero-order valence-corrected chi connectivity index (χ0v) is 7.16. The second kappa shape index (κ2) is 2.73. The van der Waals surface area contributed by atoms with Gasteiger partial charge in [-0.15, -0.1) is 0 Å². The lowest BCUT2D eigenvalue weighted by atomic mass is 9.92. The van der Waals surface area contributed by atoms with E-state index in [0.29, 0.717) is 12.2 Å². The van der Waals surface area contributed by atoms with Crippen molar-refractivity contribution >= 4 is 12.0 Å². The van der Waals surface area contributed by atoms with Crippen molar-refractivity contribution in [1.82, 2.24) is 5.32 Å². The van der Waals surface area contributed by atoms with Crippen LogP contribution >= 0.6 is 0 Å². The van der Waals surface area contributed by atoms with Crippen molar-refractivity contribution in [2.45, 2.75) is 13.3 Å². The quantitative estimate of drug-likeness (QED) is 0.605. The van der Waals surface area contributed by atoms with Gasteiger partial charge in [0, 0.05) is 0 Å². The Kier molecular flexibility index (Phi) is 1.69. The SMILES string of the molecule is CC1=CC=C2OC(=O)NC(=O)C2C1. The molecule has 0 aromatic heterocycles. The van der Waals surface area contributed by atoms with E-state index in [2.05, 4.69) is 5.32 Å². The molecule has 1 N–H and O–H groups in total. The minimum absolute atomic E-state index is 0.269. The Hall–Kier alpha value is -1.58. The van der Waals surface area contributed by atoms with E-state index in [1.165, 1.54) is 0 Å². The third kappa shape index (κ3) is 1.35. The van der Waals surface area contributed by atoms with Crippen molar-refractivity contribution in [1.29, 1.82) is 0 Å². The summed E-state index contributed by atoms with van der Waals surface area (Å²) in [6.07, 6.45) is 3.49. The topological polar surface area (TPSA) is 55.4 Å². The molecule has 2 rings (SSSR count). The highest BCUT2D eigenvalue weighted by Gasteiger charge is 2.34. The van der Waals surface area contributed by atoms with Gasteiger partial charge in [0.25, 0.3) is 0 Å². The largest absolute Gasteiger partial charge is 0.419 e. The van der Waals surface area contributed by atoms with Crippen LogP contribution in [-0.2, 0) is 9.53 Å². The number of imide groups is 1. The summed E-state index contributed by atoms with van der Waals surface area (Å²) in [5.41, 5.74) is 1.11. The fourth-order valence-corrected chi connectivity index (χ4v) is 1.48. The van der Waals surface area contributed by atoms with Crippen LogP contribution in [0.4, 0.5) is 4.79 Å². The molecule has 4 nitrogen and oxygen atoms in total. The van der Waals surface area contributed by atoms with Gasteiger partial charge >= 0.3 is 6.09 Å². The number of amides is 2. The molecule has 68 valence electrons. The predicted octanol–water partition coefficient (Wildman–Crippen LogP) is 1.10. The van der Waals surface area contributed by atoms with Crippen LogP contribution in [0.1, 0.15) is 13.3 Å². The first-order valence-corrected chi connectivity index (χ1v) is 4.07. The number of rotatable bonds is 0. The molecule has 1 atom stereocenters. The van der Waals surface area contributed by atoms with Gasteiger partial charge in [0.1, 0.15) is 11.7 Å². The smallest absolute Gasteiger partial charge is 0.414 e. The fraction of sp³-hybridized carbons (Fsp3) is 0.333. The van der Waals surface area contributed by atoms with Crippen LogP contribution in [0.25, 0.3) is 0 Å². The minimum atomic E-state index is -0.680. The molecule has 1 aliphatic heterocycles. The number of alkyl carbamates (subject to hydrolysis) is 1. The predicted molar refractivity (Wildman–Crippen MR) is 44.6 cm³/mol. The van der Waals surface area contributed by atoms with Crippen LogP contribution in [-0.4, -0.2) is 12.0 Å². The van der Waals surface area contributed by atoms with E-state index in [-0.39, 0.29) is 11.8 Å². The molecule has 2 amide bonds. The van der Waals surface area contributed by atoms with Gasteiger partial charge in [-0.05, 0) is 19.4 Å². The Labute approximate surface area is 75.3 Å². The number of hydrogen-bond acceptors (Lipinski definition) is 3. The van der Waals surface area contributed by atoms with Crippen molar-refractivity contribution in [3.63, 3.8) is 0 Å². The van der Waals surface area contributed by atoms with Crippen molar-refractivity contribution in [2.24, 2.45) is 5.92 Å². The van der Waals surface area contributed by atoms with Crippen LogP contribution in [0, 0.1) is 5.92 Å².